The van der Waals surface area contributed by atoms with Gasteiger partial charge in [-0.1, -0.05) is 52.0 Å². The summed E-state index contributed by atoms with van der Waals surface area (Å²) in [5, 5.41) is 5.91. The highest BCUT2D eigenvalue weighted by atomic mass is 16.5. The third kappa shape index (κ3) is 6.37. The second kappa shape index (κ2) is 11.8. The molecule has 2 aliphatic rings. The largest absolute Gasteiger partial charge is 0.463 e. The van der Waals surface area contributed by atoms with E-state index in [0.29, 0.717) is 50.5 Å². The van der Waals surface area contributed by atoms with E-state index in [2.05, 4.69) is 36.3 Å². The molecule has 1 fully saturated rings. The highest BCUT2D eigenvalue weighted by Crippen LogP contribution is 2.33. The van der Waals surface area contributed by atoms with Crippen LogP contribution in [0, 0.1) is 0 Å². The predicted molar refractivity (Wildman–Crippen MR) is 140 cm³/mol. The number of carbonyl (C=O) groups excluding carboxylic acids is 3. The Bertz CT molecular complexity index is 975. The van der Waals surface area contributed by atoms with Crippen molar-refractivity contribution < 1.29 is 19.1 Å². The van der Waals surface area contributed by atoms with E-state index >= 15 is 0 Å². The van der Waals surface area contributed by atoms with Crippen molar-refractivity contribution in [2.45, 2.75) is 52.5 Å². The number of urea groups is 2. The van der Waals surface area contributed by atoms with Gasteiger partial charge in [0.2, 0.25) is 0 Å². The lowest BCUT2D eigenvalue weighted by atomic mass is 9.85. The van der Waals surface area contributed by atoms with Gasteiger partial charge in [0.05, 0.1) is 18.2 Å². The number of nitrogens with one attached hydrogen (secondary N) is 2. The fourth-order valence-electron chi connectivity index (χ4n) is 4.49. The molecule has 198 valence electrons. The number of hydrogen-bond acceptors (Lipinski definition) is 5. The molecule has 0 bridgehead atoms. The zero-order chi connectivity index (χ0) is 26.5. The van der Waals surface area contributed by atoms with Gasteiger partial charge in [0.1, 0.15) is 0 Å². The number of nitrogens with zero attached hydrogens (tertiary/aromatic N) is 3. The predicted octanol–water partition coefficient (Wildman–Crippen LogP) is 3.23. The van der Waals surface area contributed by atoms with Crippen molar-refractivity contribution >= 4 is 18.0 Å². The molecule has 4 amide bonds. The Morgan fingerprint density at radius 2 is 1.72 bits per heavy atom. The number of piperazine rings is 1. The van der Waals surface area contributed by atoms with E-state index in [0.717, 1.165) is 12.0 Å². The minimum Gasteiger partial charge on any atom is -0.463 e. The molecule has 36 heavy (non-hydrogen) atoms. The molecule has 2 heterocycles. The Balaban J connectivity index is 1.87. The lowest BCUT2D eigenvalue weighted by Gasteiger charge is -2.39. The molecule has 1 saturated heterocycles. The number of ether oxygens (including phenoxy) is 1. The lowest BCUT2D eigenvalue weighted by molar-refractivity contribution is -0.139. The molecule has 0 spiro atoms. The summed E-state index contributed by atoms with van der Waals surface area (Å²) in [6, 6.07) is 7.13. The molecule has 1 atom stereocenters. The van der Waals surface area contributed by atoms with Crippen LogP contribution in [0.15, 0.2) is 35.5 Å². The van der Waals surface area contributed by atoms with Gasteiger partial charge in [0.25, 0.3) is 0 Å². The van der Waals surface area contributed by atoms with Crippen molar-refractivity contribution in [2.24, 2.45) is 0 Å². The molecule has 0 aromatic heterocycles. The van der Waals surface area contributed by atoms with Crippen LogP contribution in [0.2, 0.25) is 0 Å². The van der Waals surface area contributed by atoms with E-state index in [9.17, 15) is 14.4 Å². The summed E-state index contributed by atoms with van der Waals surface area (Å²) in [7, 11) is 1.68. The van der Waals surface area contributed by atoms with Crippen LogP contribution in [0.3, 0.4) is 0 Å². The second-order valence-corrected chi connectivity index (χ2v) is 10.4. The van der Waals surface area contributed by atoms with Crippen molar-refractivity contribution in [2.75, 3.05) is 52.9 Å². The van der Waals surface area contributed by atoms with Crippen molar-refractivity contribution in [1.82, 2.24) is 25.3 Å². The first kappa shape index (κ1) is 27.5. The van der Waals surface area contributed by atoms with E-state index in [1.807, 2.05) is 36.1 Å². The number of hydrogen-bond donors (Lipinski definition) is 2. The van der Waals surface area contributed by atoms with Gasteiger partial charge in [-0.25, -0.2) is 14.4 Å². The van der Waals surface area contributed by atoms with E-state index in [1.54, 1.807) is 14.0 Å². The molecular formula is C27H41N5O4. The fraction of sp³-hybridized carbons (Fsp3) is 0.593. The molecule has 0 aliphatic carbocycles. The first-order valence-corrected chi connectivity index (χ1v) is 12.9. The van der Waals surface area contributed by atoms with Crippen molar-refractivity contribution in [3.63, 3.8) is 0 Å². The van der Waals surface area contributed by atoms with Crippen LogP contribution in [-0.2, 0) is 14.9 Å². The molecule has 9 nitrogen and oxygen atoms in total. The smallest absolute Gasteiger partial charge is 0.338 e. The quantitative estimate of drug-likeness (QED) is 0.562. The summed E-state index contributed by atoms with van der Waals surface area (Å²) in [6.45, 7) is 14.0. The third-order valence-corrected chi connectivity index (χ3v) is 6.74. The standard InChI is InChI=1S/C27H41N5O4/c1-7-13-28-25(34)32-16-14-31(15-17-32)18-21-22(24(33)36-8-2)23(29-26(35)30(21)6)19-9-11-20(12-10-19)27(3,4)5/h9-12,23H,7-8,13-18H2,1-6H3,(H,28,34)(H,29,35). The topological polar surface area (TPSA) is 94.2 Å². The number of amides is 4. The van der Waals surface area contributed by atoms with E-state index in [4.69, 9.17) is 4.74 Å². The first-order valence-electron chi connectivity index (χ1n) is 12.9. The van der Waals surface area contributed by atoms with Crippen LogP contribution >= 0.6 is 0 Å². The molecule has 0 saturated carbocycles. The van der Waals surface area contributed by atoms with Gasteiger partial charge in [0.15, 0.2) is 0 Å². The first-order chi connectivity index (χ1) is 17.1. The number of rotatable bonds is 7. The molecule has 2 N–H and O–H groups in total. The van der Waals surface area contributed by atoms with Gasteiger partial charge in [0, 0.05) is 52.0 Å². The normalized spacial score (nSPS) is 19.3. The van der Waals surface area contributed by atoms with E-state index in [1.165, 1.54) is 10.5 Å². The number of benzene rings is 1. The fourth-order valence-corrected chi connectivity index (χ4v) is 4.49. The number of likely N-dealkylation sites (N-methyl/N-ethyl adjacent to an activating group) is 1. The summed E-state index contributed by atoms with van der Waals surface area (Å²) in [5.74, 6) is -0.429. The third-order valence-electron chi connectivity index (χ3n) is 6.74. The Hall–Kier alpha value is -3.07. The molecule has 1 aromatic carbocycles. The SMILES string of the molecule is CCCNC(=O)N1CCN(CC2=C(C(=O)OCC)C(c3ccc(C(C)(C)C)cc3)NC(=O)N2C)CC1. The van der Waals surface area contributed by atoms with Crippen molar-refractivity contribution in [3.8, 4) is 0 Å². The van der Waals surface area contributed by atoms with Gasteiger partial charge in [-0.3, -0.25) is 9.80 Å². The van der Waals surface area contributed by atoms with Crippen molar-refractivity contribution in [3.05, 3.63) is 46.7 Å². The molecule has 1 unspecified atom stereocenters. The van der Waals surface area contributed by atoms with Crippen LogP contribution in [-0.4, -0.2) is 85.7 Å². The van der Waals surface area contributed by atoms with Crippen LogP contribution in [0.25, 0.3) is 0 Å². The van der Waals surface area contributed by atoms with Gasteiger partial charge in [-0.15, -0.1) is 0 Å². The van der Waals surface area contributed by atoms with Crippen molar-refractivity contribution in [1.29, 1.82) is 0 Å². The maximum atomic E-state index is 13.2. The zero-order valence-electron chi connectivity index (χ0n) is 22.5. The average molecular weight is 500 g/mol. The number of esters is 1. The zero-order valence-corrected chi connectivity index (χ0v) is 22.5. The second-order valence-electron chi connectivity index (χ2n) is 10.4. The van der Waals surface area contributed by atoms with Crippen LogP contribution in [0.1, 0.15) is 58.2 Å². The molecule has 0 radical (unpaired) electrons. The van der Waals surface area contributed by atoms with Gasteiger partial charge < -0.3 is 20.3 Å². The highest BCUT2D eigenvalue weighted by Gasteiger charge is 2.38. The Morgan fingerprint density at radius 3 is 2.28 bits per heavy atom. The van der Waals surface area contributed by atoms with E-state index in [-0.39, 0.29) is 24.1 Å². The molecule has 1 aromatic rings. The van der Waals surface area contributed by atoms with E-state index < -0.39 is 12.0 Å². The Labute approximate surface area is 214 Å². The van der Waals surface area contributed by atoms with Gasteiger partial charge in [-0.2, -0.15) is 0 Å². The summed E-state index contributed by atoms with van der Waals surface area (Å²) in [4.78, 5) is 44.0. The molecular weight excluding hydrogens is 458 g/mol. The van der Waals surface area contributed by atoms with Gasteiger partial charge >= 0.3 is 18.0 Å². The monoisotopic (exact) mass is 499 g/mol. The summed E-state index contributed by atoms with van der Waals surface area (Å²) in [6.07, 6.45) is 0.894. The maximum Gasteiger partial charge on any atom is 0.338 e. The van der Waals surface area contributed by atoms with Crippen LogP contribution in [0.4, 0.5) is 9.59 Å². The van der Waals surface area contributed by atoms with Crippen LogP contribution < -0.4 is 10.6 Å². The number of carbonyl (C=O) groups is 3. The summed E-state index contributed by atoms with van der Waals surface area (Å²) < 4.78 is 5.45. The minimum absolute atomic E-state index is 0.00484. The Kier molecular flexibility index (Phi) is 9.00. The van der Waals surface area contributed by atoms with Gasteiger partial charge in [-0.05, 0) is 29.9 Å². The Morgan fingerprint density at radius 1 is 1.08 bits per heavy atom. The maximum absolute atomic E-state index is 13.2. The molecule has 9 heteroatoms. The summed E-state index contributed by atoms with van der Waals surface area (Å²) in [5.41, 5.74) is 3.09. The lowest BCUT2D eigenvalue weighted by Crippen LogP contribution is -2.54. The summed E-state index contributed by atoms with van der Waals surface area (Å²) >= 11 is 0. The van der Waals surface area contributed by atoms with Crippen LogP contribution in [0.5, 0.6) is 0 Å². The molecule has 2 aliphatic heterocycles. The average Bonchev–Trinajstić information content (AvgIpc) is 2.85. The minimum atomic E-state index is -0.599. The highest BCUT2D eigenvalue weighted by molar-refractivity contribution is 5.95. The molecule has 3 rings (SSSR count).